The third-order valence-electron chi connectivity index (χ3n) is 5.89. The van der Waals surface area contributed by atoms with Gasteiger partial charge in [-0.2, -0.15) is 0 Å². The van der Waals surface area contributed by atoms with Gasteiger partial charge in [-0.15, -0.1) is 0 Å². The van der Waals surface area contributed by atoms with E-state index in [0.717, 1.165) is 5.56 Å². The van der Waals surface area contributed by atoms with Crippen LogP contribution >= 0.6 is 23.2 Å². The lowest BCUT2D eigenvalue weighted by Gasteiger charge is -2.34. The maximum Gasteiger partial charge on any atom is 0.308 e. The van der Waals surface area contributed by atoms with Gasteiger partial charge in [-0.05, 0) is 55.3 Å². The Bertz CT molecular complexity index is 1250. The van der Waals surface area contributed by atoms with E-state index in [9.17, 15) is 14.4 Å². The van der Waals surface area contributed by atoms with Crippen molar-refractivity contribution in [1.29, 1.82) is 0 Å². The minimum atomic E-state index is -0.754. The number of carbonyl (C=O) groups excluding carboxylic acids is 3. The summed E-state index contributed by atoms with van der Waals surface area (Å²) in [6.45, 7) is 6.44. The number of nitrogens with zero attached hydrogens (tertiary/aromatic N) is 3. The quantitative estimate of drug-likeness (QED) is 0.153. The smallest absolute Gasteiger partial charge is 0.308 e. The van der Waals surface area contributed by atoms with Crippen LogP contribution in [0.5, 0.6) is 5.75 Å². The van der Waals surface area contributed by atoms with E-state index in [0.29, 0.717) is 23.6 Å². The number of hydrogen-bond acceptors (Lipinski definition) is 9. The van der Waals surface area contributed by atoms with E-state index in [-0.39, 0.29) is 29.4 Å². The van der Waals surface area contributed by atoms with Gasteiger partial charge in [-0.25, -0.2) is 9.97 Å². The molecule has 0 aliphatic carbocycles. The molecule has 0 unspecified atom stereocenters. The molecule has 2 heterocycles. The largest absolute Gasteiger partial charge is 0.455 e. The predicted molar refractivity (Wildman–Crippen MR) is 150 cm³/mol. The normalized spacial score (nSPS) is 13.3. The third kappa shape index (κ3) is 9.89. The van der Waals surface area contributed by atoms with Crippen molar-refractivity contribution in [3.8, 4) is 5.75 Å². The summed E-state index contributed by atoms with van der Waals surface area (Å²) in [6, 6.07) is 17.3. The Morgan fingerprint density at radius 2 is 1.23 bits per heavy atom. The first-order valence-corrected chi connectivity index (χ1v) is 13.4. The second-order valence-electron chi connectivity index (χ2n) is 9.21. The summed E-state index contributed by atoms with van der Waals surface area (Å²) in [5.41, 5.74) is 1.94. The molecule has 0 saturated heterocycles. The average Bonchev–Trinajstić information content (AvgIpc) is 2.87. The number of rotatable bonds is 12. The van der Waals surface area contributed by atoms with Crippen LogP contribution in [0.15, 0.2) is 60.7 Å². The van der Waals surface area contributed by atoms with Gasteiger partial charge in [0.2, 0.25) is 0 Å². The van der Waals surface area contributed by atoms with Crippen molar-refractivity contribution in [2.75, 3.05) is 13.1 Å². The highest BCUT2D eigenvalue weighted by atomic mass is 35.5. The first kappa shape index (κ1) is 31.0. The van der Waals surface area contributed by atoms with Gasteiger partial charge in [-0.3, -0.25) is 19.3 Å². The molecule has 3 aromatic rings. The molecule has 0 fully saturated rings. The summed E-state index contributed by atoms with van der Waals surface area (Å²) >= 11 is 12.3. The molecular formula is C29H31Cl2N3O6. The molecular weight excluding hydrogens is 557 g/mol. The third-order valence-corrected chi connectivity index (χ3v) is 6.31. The number of ether oxygens (including phenoxy) is 3. The van der Waals surface area contributed by atoms with Crippen LogP contribution in [0.25, 0.3) is 0 Å². The zero-order valence-electron chi connectivity index (χ0n) is 22.7. The first-order chi connectivity index (χ1) is 19.0. The Hall–Kier alpha value is -3.53. The molecule has 1 aromatic carbocycles. The molecule has 11 heteroatoms. The van der Waals surface area contributed by atoms with E-state index in [2.05, 4.69) is 9.97 Å². The van der Waals surface area contributed by atoms with E-state index in [1.807, 2.05) is 24.0 Å². The number of halogens is 2. The summed E-state index contributed by atoms with van der Waals surface area (Å²) in [5.74, 6) is -0.906. The molecule has 0 aliphatic heterocycles. The van der Waals surface area contributed by atoms with Gasteiger partial charge in [0.15, 0.2) is 12.2 Å². The lowest BCUT2D eigenvalue weighted by molar-refractivity contribution is -0.150. The minimum Gasteiger partial charge on any atom is -0.455 e. The van der Waals surface area contributed by atoms with Gasteiger partial charge < -0.3 is 14.2 Å². The number of aromatic nitrogens is 2. The van der Waals surface area contributed by atoms with Gasteiger partial charge in [0.1, 0.15) is 16.1 Å². The van der Waals surface area contributed by atoms with Crippen molar-refractivity contribution in [2.45, 2.75) is 52.4 Å². The Morgan fingerprint density at radius 3 is 1.62 bits per heavy atom. The van der Waals surface area contributed by atoms with Crippen LogP contribution in [0.4, 0.5) is 0 Å². The fraction of sp³-hybridized carbons (Fsp3) is 0.345. The number of hydrogen-bond donors (Lipinski definition) is 0. The molecule has 2 aromatic heterocycles. The van der Waals surface area contributed by atoms with E-state index >= 15 is 0 Å². The summed E-state index contributed by atoms with van der Waals surface area (Å²) < 4.78 is 16.5. The highest BCUT2D eigenvalue weighted by Gasteiger charge is 2.29. The maximum absolute atomic E-state index is 12.1. The second kappa shape index (κ2) is 14.7. The van der Waals surface area contributed by atoms with Crippen LogP contribution < -0.4 is 4.74 Å². The Kier molecular flexibility index (Phi) is 11.4. The van der Waals surface area contributed by atoms with E-state index in [1.165, 1.54) is 20.8 Å². The SMILES string of the molecule is CC(=O)Oc1ccc(C[C@@H](C)N(C[C@H](OC(C)=O)c2cccc(Cl)n2)C[C@H](OC(C)=O)c2cccc(Cl)n2)cc1. The number of carbonyl (C=O) groups is 3. The molecule has 40 heavy (non-hydrogen) atoms. The lowest BCUT2D eigenvalue weighted by Crippen LogP contribution is -2.42. The van der Waals surface area contributed by atoms with Gasteiger partial charge in [0, 0.05) is 39.9 Å². The molecule has 0 spiro atoms. The standard InChI is InChI=1S/C29H31Cl2N3O6/c1-18(15-22-11-13-23(14-12-22)38-19(2)35)34(16-26(39-20(3)36)24-7-5-9-28(30)32-24)17-27(40-21(4)37)25-8-6-10-29(31)33-25/h5-14,18,26-27H,15-17H2,1-4H3/t18-,26+,27+/m1/s1. The molecule has 0 N–H and O–H groups in total. The number of pyridine rings is 2. The van der Waals surface area contributed by atoms with Gasteiger partial charge in [0.25, 0.3) is 0 Å². The van der Waals surface area contributed by atoms with Crippen molar-refractivity contribution in [2.24, 2.45) is 0 Å². The highest BCUT2D eigenvalue weighted by molar-refractivity contribution is 6.29. The van der Waals surface area contributed by atoms with Crippen LogP contribution in [-0.2, 0) is 30.3 Å². The summed E-state index contributed by atoms with van der Waals surface area (Å²) in [5, 5.41) is 0.533. The molecule has 0 amide bonds. The minimum absolute atomic E-state index is 0.144. The Labute approximate surface area is 243 Å². The topological polar surface area (TPSA) is 108 Å². The summed E-state index contributed by atoms with van der Waals surface area (Å²) in [6.07, 6.45) is -0.933. The van der Waals surface area contributed by atoms with Gasteiger partial charge in [0.05, 0.1) is 11.4 Å². The van der Waals surface area contributed by atoms with E-state index in [4.69, 9.17) is 37.4 Å². The Morgan fingerprint density at radius 1 is 0.750 bits per heavy atom. The number of benzene rings is 1. The van der Waals surface area contributed by atoms with Crippen LogP contribution in [0, 0.1) is 0 Å². The lowest BCUT2D eigenvalue weighted by atomic mass is 10.0. The van der Waals surface area contributed by atoms with Crippen LogP contribution in [0.1, 0.15) is 56.9 Å². The fourth-order valence-corrected chi connectivity index (χ4v) is 4.52. The number of esters is 3. The monoisotopic (exact) mass is 587 g/mol. The zero-order valence-corrected chi connectivity index (χ0v) is 24.2. The van der Waals surface area contributed by atoms with Crippen LogP contribution in [-0.4, -0.2) is 51.9 Å². The van der Waals surface area contributed by atoms with Crippen molar-refractivity contribution in [1.82, 2.24) is 14.9 Å². The molecule has 3 atom stereocenters. The average molecular weight is 588 g/mol. The van der Waals surface area contributed by atoms with Gasteiger partial charge in [-0.1, -0.05) is 47.5 Å². The zero-order chi connectivity index (χ0) is 29.2. The van der Waals surface area contributed by atoms with Gasteiger partial charge >= 0.3 is 17.9 Å². The van der Waals surface area contributed by atoms with E-state index in [1.54, 1.807) is 48.5 Å². The molecule has 0 bridgehead atoms. The highest BCUT2D eigenvalue weighted by Crippen LogP contribution is 2.26. The maximum atomic E-state index is 12.1. The van der Waals surface area contributed by atoms with Crippen molar-refractivity contribution in [3.05, 3.63) is 87.9 Å². The van der Waals surface area contributed by atoms with Crippen molar-refractivity contribution >= 4 is 41.1 Å². The van der Waals surface area contributed by atoms with Crippen LogP contribution in [0.3, 0.4) is 0 Å². The Balaban J connectivity index is 1.94. The summed E-state index contributed by atoms with van der Waals surface area (Å²) in [7, 11) is 0. The second-order valence-corrected chi connectivity index (χ2v) is 9.99. The molecule has 9 nitrogen and oxygen atoms in total. The van der Waals surface area contributed by atoms with Crippen LogP contribution in [0.2, 0.25) is 10.3 Å². The first-order valence-electron chi connectivity index (χ1n) is 12.6. The van der Waals surface area contributed by atoms with Crippen molar-refractivity contribution < 1.29 is 28.6 Å². The molecule has 0 saturated carbocycles. The molecule has 3 rings (SSSR count). The van der Waals surface area contributed by atoms with E-state index < -0.39 is 30.1 Å². The summed E-state index contributed by atoms with van der Waals surface area (Å²) in [4.78, 5) is 46.1. The van der Waals surface area contributed by atoms with Crippen molar-refractivity contribution in [3.63, 3.8) is 0 Å². The molecule has 0 radical (unpaired) electrons. The predicted octanol–water partition coefficient (Wildman–Crippen LogP) is 5.55. The molecule has 212 valence electrons. The molecule has 0 aliphatic rings. The fourth-order valence-electron chi connectivity index (χ4n) is 4.18.